The monoisotopic (exact) mass is 1920 g/mol. The van der Waals surface area contributed by atoms with Gasteiger partial charge in [-0.05, 0) is 242 Å². The van der Waals surface area contributed by atoms with Crippen molar-refractivity contribution in [2.45, 2.75) is 137 Å². The molecule has 149 heavy (non-hydrogen) atoms. The van der Waals surface area contributed by atoms with E-state index in [1.54, 1.807) is 0 Å². The highest BCUT2D eigenvalue weighted by Gasteiger charge is 2.46. The molecule has 23 aromatic rings. The van der Waals surface area contributed by atoms with Gasteiger partial charge in [-0.25, -0.2) is 29.9 Å². The molecule has 11 heterocycles. The maximum atomic E-state index is 6.74. The molecule has 6 aliphatic heterocycles. The molecule has 0 bridgehead atoms. The van der Waals surface area contributed by atoms with Crippen molar-refractivity contribution in [2.24, 2.45) is 0 Å². The van der Waals surface area contributed by atoms with Crippen molar-refractivity contribution in [3.8, 4) is 131 Å². The number of ether oxygens (including phenoxy) is 2. The molecule has 6 aliphatic rings. The third kappa shape index (κ3) is 15.1. The Bertz CT molecular complexity index is 9400. The minimum Gasteiger partial charge on any atom is -0.458 e. The van der Waals surface area contributed by atoms with E-state index in [4.69, 9.17) is 39.4 Å². The van der Waals surface area contributed by atoms with E-state index in [-0.39, 0.29) is 47.2 Å². The first-order valence-corrected chi connectivity index (χ1v) is 52.4. The molecule has 14 heteroatoms. The molecule has 0 saturated carbocycles. The summed E-state index contributed by atoms with van der Waals surface area (Å²) in [7, 11) is 0. The minimum atomic E-state index is -0.00267. The maximum absolute atomic E-state index is 6.74. The van der Waals surface area contributed by atoms with E-state index in [2.05, 4.69) is 403 Å². The van der Waals surface area contributed by atoms with Gasteiger partial charge in [-0.2, -0.15) is 0 Å². The molecule has 18 aromatic carbocycles. The van der Waals surface area contributed by atoms with Crippen LogP contribution < -0.4 is 58.6 Å². The summed E-state index contributed by atoms with van der Waals surface area (Å²) in [6.07, 6.45) is 0.877. The first-order chi connectivity index (χ1) is 72.0. The van der Waals surface area contributed by atoms with Crippen molar-refractivity contribution in [1.29, 1.82) is 0 Å². The molecule has 0 atom stereocenters. The molecule has 0 amide bonds. The predicted molar refractivity (Wildman–Crippen MR) is 622 cm³/mol. The first-order valence-electron chi connectivity index (χ1n) is 52.4. The fourth-order valence-electron chi connectivity index (χ4n) is 24.1. The number of aromatic nitrogens is 9. The second-order valence-electron chi connectivity index (χ2n) is 46.5. The summed E-state index contributed by atoms with van der Waals surface area (Å²) < 4.78 is 20.9. The number of rotatable bonds is 8. The van der Waals surface area contributed by atoms with Gasteiger partial charge in [0, 0.05) is 99.3 Å². The molecule has 0 N–H and O–H groups in total. The smallest absolute Gasteiger partial charge is 0.256 e. The van der Waals surface area contributed by atoms with E-state index in [0.717, 1.165) is 79.1 Å². The van der Waals surface area contributed by atoms with Crippen LogP contribution in [0.4, 0.5) is 0 Å². The fourth-order valence-corrected chi connectivity index (χ4v) is 24.1. The lowest BCUT2D eigenvalue weighted by Crippen LogP contribution is -2.60. The van der Waals surface area contributed by atoms with Gasteiger partial charge in [0.25, 0.3) is 13.4 Å². The van der Waals surface area contributed by atoms with Crippen LogP contribution in [0.5, 0.6) is 23.0 Å². The SMILES string of the molecule is CC(C)(C)c1ccc2c(c1)Cc1cccc3c1B2c1cc(-c2nc(-c4ccccc4)nc(-c4ccccc4)n2)cc2c4cc(-c5nc(-c6ccccc6)nc(-c6ccccc6)n5)ccc4n-3c12.CC(C)(C)c1ccc2c(c1)Oc1cccc3c1B2c1cc(-c2ccccc2)cc2c4cc(-c5ccccc5)ccc4n-3c12.CC(C)(C)c1ccc2c(c1)Oc1cccc3c1B2c1cc(C(C)(C)C)cc2c4cc(C(C)(C)C)ccc4n-3c12. The van der Waals surface area contributed by atoms with E-state index < -0.39 is 0 Å². The van der Waals surface area contributed by atoms with Gasteiger partial charge in [-0.3, -0.25) is 0 Å². The van der Waals surface area contributed by atoms with E-state index in [0.29, 0.717) is 34.9 Å². The highest BCUT2D eigenvalue weighted by atomic mass is 16.5. The Balaban J connectivity index is 0.000000116. The van der Waals surface area contributed by atoms with Crippen LogP contribution in [0, 0.1) is 0 Å². The maximum Gasteiger partial charge on any atom is 0.256 e. The van der Waals surface area contributed by atoms with Gasteiger partial charge in [-0.15, -0.1) is 0 Å². The molecule has 0 fully saturated rings. The van der Waals surface area contributed by atoms with Crippen molar-refractivity contribution in [3.63, 3.8) is 0 Å². The number of fused-ring (bicyclic) bond motifs is 21. The zero-order valence-electron chi connectivity index (χ0n) is 86.7. The molecule has 716 valence electrons. The molecule has 29 rings (SSSR count). The van der Waals surface area contributed by atoms with Crippen molar-refractivity contribution in [3.05, 3.63) is 421 Å². The van der Waals surface area contributed by atoms with Crippen LogP contribution in [-0.4, -0.2) is 63.7 Å². The third-order valence-corrected chi connectivity index (χ3v) is 31.8. The third-order valence-electron chi connectivity index (χ3n) is 31.8. The van der Waals surface area contributed by atoms with Crippen LogP contribution in [0.15, 0.2) is 382 Å². The van der Waals surface area contributed by atoms with Crippen molar-refractivity contribution in [2.75, 3.05) is 0 Å². The number of hydrogen-bond acceptors (Lipinski definition) is 8. The highest BCUT2D eigenvalue weighted by Crippen LogP contribution is 2.48. The van der Waals surface area contributed by atoms with Crippen LogP contribution in [-0.2, 0) is 33.5 Å². The van der Waals surface area contributed by atoms with Gasteiger partial charge in [0.05, 0.1) is 16.6 Å². The lowest BCUT2D eigenvalue weighted by Gasteiger charge is -2.34. The Morgan fingerprint density at radius 2 is 0.510 bits per heavy atom. The fraction of sp³-hybridized carbons (Fsp3) is 0.156. The van der Waals surface area contributed by atoms with Crippen molar-refractivity contribution >= 4 is 135 Å². The standard InChI is InChI=1S/C59H42BN7.C40H30BNO.C36H38BNO/c1-59(2,3)44-28-29-47-42(32-44)31-40-25-16-26-50-51(40)60(47)48-35-43(58-65-55(38-21-12-6-13-22-38)62-56(66-58)39-23-14-7-15-24-39)34-46-45-33-41(27-30-49(45)67(50)52(46)48)57-63-53(36-17-8-4-9-18-36)61-54(64-57)37-19-10-5-11-20-37;1-40(2,3)29-18-19-32-37(24-29)43-36-16-10-15-35-38(36)41(32)33-23-28(26-13-8-5-9-14-26)22-31-30-21-27(25-11-6-4-7-12-25)17-20-34(30)42(35)39(31)33;1-34(2,3)21-14-16-28-24(17-21)25-18-23(36(7,8)9)19-27-33(25)38(28)29-11-10-12-30-32(29)37(27)26-15-13-22(35(4,5)6)20-31(26)39-30/h4-30,32-35H,31H2,1-3H3;4-24H,1-3H3;10-20H,1-9H3. The van der Waals surface area contributed by atoms with Crippen molar-refractivity contribution < 1.29 is 9.47 Å². The molecular weight excluding hydrogens is 1810 g/mol. The van der Waals surface area contributed by atoms with Crippen molar-refractivity contribution in [1.82, 2.24) is 43.6 Å². The van der Waals surface area contributed by atoms with Crippen LogP contribution in [0.1, 0.15) is 143 Å². The van der Waals surface area contributed by atoms with Gasteiger partial charge in [0.2, 0.25) is 6.71 Å². The molecule has 0 aliphatic carbocycles. The van der Waals surface area contributed by atoms with E-state index in [9.17, 15) is 0 Å². The topological polar surface area (TPSA) is 111 Å². The molecular formula is C135H110B3N9O2. The normalized spacial score (nSPS) is 13.2. The Morgan fingerprint density at radius 1 is 0.201 bits per heavy atom. The second-order valence-corrected chi connectivity index (χ2v) is 46.5. The van der Waals surface area contributed by atoms with E-state index >= 15 is 0 Å². The Labute approximate surface area is 870 Å². The molecule has 11 nitrogen and oxygen atoms in total. The summed E-state index contributed by atoms with van der Waals surface area (Å²) >= 11 is 0. The number of nitrogens with zero attached hydrogens (tertiary/aromatic N) is 9. The largest absolute Gasteiger partial charge is 0.458 e. The highest BCUT2D eigenvalue weighted by molar-refractivity contribution is 7.01. The van der Waals surface area contributed by atoms with Crippen LogP contribution in [0.25, 0.3) is 173 Å². The Morgan fingerprint density at radius 3 is 0.953 bits per heavy atom. The average molecular weight is 1920 g/mol. The predicted octanol–water partition coefficient (Wildman–Crippen LogP) is 27.1. The van der Waals surface area contributed by atoms with Gasteiger partial charge in [0.1, 0.15) is 23.0 Å². The average Bonchev–Trinajstić information content (AvgIpc) is 1.56. The quantitative estimate of drug-likeness (QED) is 0.138. The number of benzene rings is 18. The van der Waals surface area contributed by atoms with E-state index in [1.807, 2.05) is 97.1 Å². The molecule has 5 aromatic heterocycles. The summed E-state index contributed by atoms with van der Waals surface area (Å²) in [4.78, 5) is 31.0. The summed E-state index contributed by atoms with van der Waals surface area (Å²) in [6, 6.07) is 138. The summed E-state index contributed by atoms with van der Waals surface area (Å²) in [5.41, 5.74) is 42.9. The molecule has 0 radical (unpaired) electrons. The zero-order valence-corrected chi connectivity index (χ0v) is 86.7. The van der Waals surface area contributed by atoms with Gasteiger partial charge in [0.15, 0.2) is 34.9 Å². The Hall–Kier alpha value is -16.8. The van der Waals surface area contributed by atoms with Gasteiger partial charge < -0.3 is 23.2 Å². The van der Waals surface area contributed by atoms with Gasteiger partial charge >= 0.3 is 0 Å². The Kier molecular flexibility index (Phi) is 20.7. The summed E-state index contributed by atoms with van der Waals surface area (Å²) in [5, 5.41) is 7.47. The number of hydrogen-bond donors (Lipinski definition) is 0. The summed E-state index contributed by atoms with van der Waals surface area (Å²) in [5.74, 6) is 7.64. The van der Waals surface area contributed by atoms with E-state index in [1.165, 1.54) is 177 Å². The van der Waals surface area contributed by atoms with Crippen LogP contribution >= 0.6 is 0 Å². The van der Waals surface area contributed by atoms with Gasteiger partial charge in [-0.1, -0.05) is 388 Å². The lowest BCUT2D eigenvalue weighted by atomic mass is 9.32. The minimum absolute atomic E-state index is 0.00267. The van der Waals surface area contributed by atoms with Crippen LogP contribution in [0.2, 0.25) is 0 Å². The lowest BCUT2D eigenvalue weighted by molar-refractivity contribution is 0.483. The van der Waals surface area contributed by atoms with Crippen LogP contribution in [0.3, 0.4) is 0 Å². The molecule has 0 saturated heterocycles. The summed E-state index contributed by atoms with van der Waals surface area (Å²) in [6.45, 7) is 34.6. The molecule has 0 unspecified atom stereocenters. The second kappa shape index (κ2) is 33.9. The molecule has 0 spiro atoms. The zero-order chi connectivity index (χ0) is 101. The first kappa shape index (κ1) is 90.9.